The van der Waals surface area contributed by atoms with Gasteiger partial charge in [0.05, 0.1) is 12.3 Å². The summed E-state index contributed by atoms with van der Waals surface area (Å²) >= 11 is 0. The Morgan fingerprint density at radius 1 is 0.900 bits per heavy atom. The molecule has 0 amide bonds. The first-order valence-electron chi connectivity index (χ1n) is 11.9. The van der Waals surface area contributed by atoms with Gasteiger partial charge < -0.3 is 21.9 Å². The van der Waals surface area contributed by atoms with Crippen LogP contribution in [-0.2, 0) is 6.42 Å². The van der Waals surface area contributed by atoms with Crippen molar-refractivity contribution in [2.45, 2.75) is 103 Å². The Balaban J connectivity index is 0.00000420. The van der Waals surface area contributed by atoms with E-state index in [4.69, 9.17) is 0 Å². The maximum atomic E-state index is 10.8. The van der Waals surface area contributed by atoms with Gasteiger partial charge in [-0.3, -0.25) is 0 Å². The summed E-state index contributed by atoms with van der Waals surface area (Å²) in [4.78, 5) is 0. The second kappa shape index (κ2) is 17.0. The highest BCUT2D eigenvalue weighted by atomic mass is 35.5. The largest absolute Gasteiger partial charge is 0.393 e. The number of hydrogen-bond donors (Lipinski definition) is 4. The van der Waals surface area contributed by atoms with Gasteiger partial charge in [-0.2, -0.15) is 0 Å². The zero-order valence-electron chi connectivity index (χ0n) is 19.5. The van der Waals surface area contributed by atoms with E-state index in [9.17, 15) is 5.11 Å². The summed E-state index contributed by atoms with van der Waals surface area (Å²) in [5.74, 6) is 0. The molecule has 6 N–H and O–H groups in total. The van der Waals surface area contributed by atoms with Crippen molar-refractivity contribution in [3.63, 3.8) is 0 Å². The number of benzene rings is 1. The summed E-state index contributed by atoms with van der Waals surface area (Å²) in [7, 11) is 0. The molecule has 5 heteroatoms. The lowest BCUT2D eigenvalue weighted by Gasteiger charge is -2.42. The third-order valence-corrected chi connectivity index (χ3v) is 6.60. The van der Waals surface area contributed by atoms with E-state index in [0.29, 0.717) is 0 Å². The Bertz CT molecular complexity index is 508. The molecule has 0 radical (unpaired) electrons. The molecule has 0 aliphatic carbocycles. The van der Waals surface area contributed by atoms with Crippen molar-refractivity contribution in [3.05, 3.63) is 35.9 Å². The lowest BCUT2D eigenvalue weighted by molar-refractivity contribution is -0.00296. The van der Waals surface area contributed by atoms with Gasteiger partial charge in [0.25, 0.3) is 0 Å². The summed E-state index contributed by atoms with van der Waals surface area (Å²) in [5.41, 5.74) is 1.18. The zero-order valence-corrected chi connectivity index (χ0v) is 20.3. The van der Waals surface area contributed by atoms with Gasteiger partial charge in [-0.1, -0.05) is 101 Å². The molecule has 1 heterocycles. The van der Waals surface area contributed by atoms with Crippen LogP contribution in [0.15, 0.2) is 30.3 Å². The summed E-state index contributed by atoms with van der Waals surface area (Å²) in [5, 5.41) is 18.1. The van der Waals surface area contributed by atoms with E-state index in [-0.39, 0.29) is 36.2 Å². The molecule has 176 valence electrons. The van der Waals surface area contributed by atoms with Crippen LogP contribution in [0.1, 0.15) is 90.0 Å². The van der Waals surface area contributed by atoms with Crippen molar-refractivity contribution in [2.75, 3.05) is 13.1 Å². The lowest BCUT2D eigenvalue weighted by Crippen LogP contribution is -2.55. The quantitative estimate of drug-likeness (QED) is 0.251. The fourth-order valence-corrected chi connectivity index (χ4v) is 4.76. The Hall–Kier alpha value is -0.650. The standard InChI is InChI=1S/C25H44N2O.ClH.H3N/c1-3-4-5-6-7-8-9-10-11-15-18-25(22(2)28,24-26-19-20-27-24)21-23-16-13-12-14-17-23;;/h12-14,16-17,22,24,26-28H,3-11,15,18-21H2,1-2H3;1H;1H3. The van der Waals surface area contributed by atoms with E-state index in [1.54, 1.807) is 0 Å². The average Bonchev–Trinajstić information content (AvgIpc) is 3.24. The van der Waals surface area contributed by atoms with Crippen molar-refractivity contribution < 1.29 is 5.11 Å². The minimum atomic E-state index is -0.339. The fourth-order valence-electron chi connectivity index (χ4n) is 4.76. The van der Waals surface area contributed by atoms with Gasteiger partial charge in [-0.15, -0.1) is 12.4 Å². The molecule has 30 heavy (non-hydrogen) atoms. The van der Waals surface area contributed by atoms with Gasteiger partial charge in [0, 0.05) is 18.5 Å². The Kier molecular flexibility index (Phi) is 16.6. The highest BCUT2D eigenvalue weighted by molar-refractivity contribution is 5.85. The number of hydrogen-bond acceptors (Lipinski definition) is 4. The van der Waals surface area contributed by atoms with Crippen LogP contribution in [0.2, 0.25) is 0 Å². The van der Waals surface area contributed by atoms with Crippen LogP contribution in [-0.4, -0.2) is 30.5 Å². The molecule has 1 fully saturated rings. The number of rotatable bonds is 15. The molecular weight excluding hydrogens is 394 g/mol. The van der Waals surface area contributed by atoms with Gasteiger partial charge in [0.15, 0.2) is 0 Å². The van der Waals surface area contributed by atoms with E-state index >= 15 is 0 Å². The molecule has 2 unspecified atom stereocenters. The minimum Gasteiger partial charge on any atom is -0.393 e. The number of unbranched alkanes of at least 4 members (excludes halogenated alkanes) is 9. The van der Waals surface area contributed by atoms with Gasteiger partial charge in [-0.25, -0.2) is 0 Å². The Morgan fingerprint density at radius 2 is 1.40 bits per heavy atom. The van der Waals surface area contributed by atoms with Crippen molar-refractivity contribution in [1.29, 1.82) is 0 Å². The van der Waals surface area contributed by atoms with Crippen LogP contribution in [0.3, 0.4) is 0 Å². The number of aliphatic hydroxyl groups is 1. The van der Waals surface area contributed by atoms with Crippen LogP contribution in [0.5, 0.6) is 0 Å². The Labute approximate surface area is 192 Å². The molecule has 0 saturated carbocycles. The van der Waals surface area contributed by atoms with E-state index < -0.39 is 0 Å². The van der Waals surface area contributed by atoms with Crippen molar-refractivity contribution in [1.82, 2.24) is 16.8 Å². The van der Waals surface area contributed by atoms with E-state index in [0.717, 1.165) is 25.9 Å². The number of aliphatic hydroxyl groups excluding tert-OH is 1. The molecule has 1 aliphatic heterocycles. The van der Waals surface area contributed by atoms with Crippen LogP contribution >= 0.6 is 12.4 Å². The molecule has 2 rings (SSSR count). The van der Waals surface area contributed by atoms with Crippen LogP contribution < -0.4 is 16.8 Å². The molecule has 2 atom stereocenters. The minimum absolute atomic E-state index is 0. The molecule has 0 spiro atoms. The monoisotopic (exact) mass is 441 g/mol. The second-order valence-corrected chi connectivity index (χ2v) is 8.84. The topological polar surface area (TPSA) is 79.3 Å². The maximum Gasteiger partial charge on any atom is 0.0658 e. The third-order valence-electron chi connectivity index (χ3n) is 6.60. The highest BCUT2D eigenvalue weighted by Crippen LogP contribution is 2.37. The lowest BCUT2D eigenvalue weighted by atomic mass is 9.71. The molecule has 0 bridgehead atoms. The summed E-state index contributed by atoms with van der Waals surface area (Å²) < 4.78 is 0. The fraction of sp³-hybridized carbons (Fsp3) is 0.760. The predicted molar refractivity (Wildman–Crippen MR) is 133 cm³/mol. The summed E-state index contributed by atoms with van der Waals surface area (Å²) in [6.07, 6.45) is 15.4. The van der Waals surface area contributed by atoms with Gasteiger partial charge >= 0.3 is 0 Å². The van der Waals surface area contributed by atoms with Crippen LogP contribution in [0, 0.1) is 5.41 Å². The van der Waals surface area contributed by atoms with Gasteiger partial charge in [0.2, 0.25) is 0 Å². The molecule has 1 aliphatic rings. The highest BCUT2D eigenvalue weighted by Gasteiger charge is 2.43. The summed E-state index contributed by atoms with van der Waals surface area (Å²) in [6.45, 7) is 6.25. The van der Waals surface area contributed by atoms with E-state index in [2.05, 4.69) is 47.9 Å². The van der Waals surface area contributed by atoms with Crippen molar-refractivity contribution >= 4 is 12.4 Å². The third kappa shape index (κ3) is 9.65. The number of nitrogens with one attached hydrogen (secondary N) is 2. The smallest absolute Gasteiger partial charge is 0.0658 e. The van der Waals surface area contributed by atoms with Crippen LogP contribution in [0.4, 0.5) is 0 Å². The van der Waals surface area contributed by atoms with Crippen molar-refractivity contribution in [3.8, 4) is 0 Å². The molecule has 0 aromatic heterocycles. The SMILES string of the molecule is CCCCCCCCCCCCC(Cc1ccccc1)(C(C)O)C1NCCN1.Cl.N. The zero-order chi connectivity index (χ0) is 20.1. The first kappa shape index (κ1) is 29.4. The Morgan fingerprint density at radius 3 is 1.90 bits per heavy atom. The normalized spacial score (nSPS) is 17.0. The van der Waals surface area contributed by atoms with Crippen molar-refractivity contribution in [2.24, 2.45) is 5.41 Å². The molecule has 1 aromatic rings. The molecular formula is C25H48ClN3O. The van der Waals surface area contributed by atoms with E-state index in [1.807, 2.05) is 6.92 Å². The number of halogens is 1. The summed E-state index contributed by atoms with van der Waals surface area (Å²) in [6, 6.07) is 10.7. The predicted octanol–water partition coefficient (Wildman–Crippen LogP) is 6.01. The first-order chi connectivity index (χ1) is 13.7. The van der Waals surface area contributed by atoms with Crippen LogP contribution in [0.25, 0.3) is 0 Å². The molecule has 1 saturated heterocycles. The average molecular weight is 442 g/mol. The maximum absolute atomic E-state index is 10.8. The van der Waals surface area contributed by atoms with E-state index in [1.165, 1.54) is 69.8 Å². The molecule has 4 nitrogen and oxygen atoms in total. The van der Waals surface area contributed by atoms with Gasteiger partial charge in [0.1, 0.15) is 0 Å². The molecule has 1 aromatic carbocycles. The van der Waals surface area contributed by atoms with Gasteiger partial charge in [-0.05, 0) is 25.3 Å². The second-order valence-electron chi connectivity index (χ2n) is 8.84. The first-order valence-corrected chi connectivity index (χ1v) is 11.9.